The molecule has 0 nitrogen and oxygen atoms in total. The smallest absolute Gasteiger partial charge is 0.0276 e. The zero-order valence-electron chi connectivity index (χ0n) is 18.2. The fourth-order valence-electron chi connectivity index (χ4n) is 3.94. The molecule has 0 unspecified atom stereocenters. The summed E-state index contributed by atoms with van der Waals surface area (Å²) in [6, 6.07) is 0. The number of hydrogen-bond acceptors (Lipinski definition) is 0. The van der Waals surface area contributed by atoms with E-state index in [4.69, 9.17) is 0 Å². The second kappa shape index (κ2) is 21.5. The van der Waals surface area contributed by atoms with Crippen molar-refractivity contribution in [3.05, 3.63) is 36.5 Å². The first-order chi connectivity index (χ1) is 13.5. The Morgan fingerprint density at radius 2 is 0.778 bits per heavy atom. The lowest BCUT2D eigenvalue weighted by molar-refractivity contribution is 0.522. The van der Waals surface area contributed by atoms with E-state index in [1.165, 1.54) is 128 Å². The summed E-state index contributed by atoms with van der Waals surface area (Å²) in [4.78, 5) is 0. The molecule has 0 aromatic carbocycles. The minimum atomic E-state index is 1.12. The minimum Gasteiger partial charge on any atom is -0.0845 e. The highest BCUT2D eigenvalue weighted by molar-refractivity contribution is 5.09. The van der Waals surface area contributed by atoms with Crippen LogP contribution in [0.3, 0.4) is 0 Å². The summed E-state index contributed by atoms with van der Waals surface area (Å²) >= 11 is 0. The Bertz CT molecular complexity index is 326. The van der Waals surface area contributed by atoms with Crippen molar-refractivity contribution in [2.75, 3.05) is 0 Å². The van der Waals surface area contributed by atoms with E-state index in [9.17, 15) is 0 Å². The summed E-state index contributed by atoms with van der Waals surface area (Å²) in [5.74, 6) is 0. The third-order valence-electron chi connectivity index (χ3n) is 5.76. The molecule has 0 atom stereocenters. The zero-order chi connectivity index (χ0) is 19.1. The van der Waals surface area contributed by atoms with Crippen molar-refractivity contribution in [1.29, 1.82) is 0 Å². The molecule has 0 bridgehead atoms. The minimum absolute atomic E-state index is 1.12. The van der Waals surface area contributed by atoms with Gasteiger partial charge in [0.2, 0.25) is 0 Å². The van der Waals surface area contributed by atoms with Crippen LogP contribution in [-0.4, -0.2) is 0 Å². The van der Waals surface area contributed by atoms with E-state index in [1.807, 2.05) is 0 Å². The molecule has 155 valence electrons. The molecule has 0 fully saturated rings. The van der Waals surface area contributed by atoms with Crippen LogP contribution in [0.2, 0.25) is 0 Å². The van der Waals surface area contributed by atoms with E-state index in [0.717, 1.165) is 6.42 Å². The highest BCUT2D eigenvalue weighted by atomic mass is 14.0. The largest absolute Gasteiger partial charge is 0.0845 e. The maximum Gasteiger partial charge on any atom is -0.0276 e. The Labute approximate surface area is 171 Å². The van der Waals surface area contributed by atoms with E-state index in [2.05, 4.69) is 36.5 Å². The van der Waals surface area contributed by atoms with Crippen LogP contribution in [0.5, 0.6) is 0 Å². The molecule has 0 spiro atoms. The van der Waals surface area contributed by atoms with Gasteiger partial charge in [-0.15, -0.1) is 0 Å². The molecule has 0 heteroatoms. The van der Waals surface area contributed by atoms with Crippen molar-refractivity contribution in [1.82, 2.24) is 0 Å². The quantitative estimate of drug-likeness (QED) is 0.397. The molecular weight excluding hydrogens is 324 g/mol. The maximum atomic E-state index is 3.41. The summed E-state index contributed by atoms with van der Waals surface area (Å²) in [6.07, 6.45) is 44.0. The molecule has 0 aliphatic heterocycles. The lowest BCUT2D eigenvalue weighted by Gasteiger charge is -2.04. The molecule has 0 saturated carbocycles. The molecule has 27 heavy (non-hydrogen) atoms. The van der Waals surface area contributed by atoms with Gasteiger partial charge in [0.15, 0.2) is 0 Å². The second-order valence-electron chi connectivity index (χ2n) is 8.44. The first-order valence-electron chi connectivity index (χ1n) is 12.4. The van der Waals surface area contributed by atoms with Crippen LogP contribution in [-0.2, 0) is 0 Å². The van der Waals surface area contributed by atoms with Crippen molar-refractivity contribution in [2.24, 2.45) is 0 Å². The van der Waals surface area contributed by atoms with E-state index in [0.29, 0.717) is 0 Å². The highest BCUT2D eigenvalue weighted by Gasteiger charge is 1.95. The third kappa shape index (κ3) is 19.8. The fraction of sp³-hybridized carbons (Fsp3) is 0.778. The summed E-state index contributed by atoms with van der Waals surface area (Å²) < 4.78 is 0. The molecule has 1 radical (unpaired) electrons. The number of allylic oxidation sites excluding steroid dienone is 6. The van der Waals surface area contributed by atoms with Gasteiger partial charge in [0.1, 0.15) is 0 Å². The molecule has 1 aliphatic carbocycles. The predicted octanol–water partition coefficient (Wildman–Crippen LogP) is 9.66. The Kier molecular flexibility index (Phi) is 19.3. The fourth-order valence-corrected chi connectivity index (χ4v) is 3.94. The maximum absolute atomic E-state index is 3.41. The van der Waals surface area contributed by atoms with Gasteiger partial charge >= 0.3 is 0 Å². The molecular formula is C27H47. The number of rotatable bonds is 0. The number of hydrogen-bond donors (Lipinski definition) is 0. The molecule has 0 N–H and O–H groups in total. The van der Waals surface area contributed by atoms with Crippen molar-refractivity contribution >= 4 is 0 Å². The Hall–Kier alpha value is -0.780. The first-order valence-corrected chi connectivity index (χ1v) is 12.4. The van der Waals surface area contributed by atoms with Crippen LogP contribution >= 0.6 is 0 Å². The molecule has 0 amide bonds. The van der Waals surface area contributed by atoms with Crippen LogP contribution in [0, 0.1) is 6.08 Å². The van der Waals surface area contributed by atoms with Crippen LogP contribution < -0.4 is 0 Å². The molecule has 1 aliphatic rings. The van der Waals surface area contributed by atoms with Gasteiger partial charge in [-0.3, -0.25) is 0 Å². The lowest BCUT2D eigenvalue weighted by Crippen LogP contribution is -1.84. The van der Waals surface area contributed by atoms with Gasteiger partial charge in [0.05, 0.1) is 0 Å². The predicted molar refractivity (Wildman–Crippen MR) is 123 cm³/mol. The third-order valence-corrected chi connectivity index (χ3v) is 5.76. The Morgan fingerprint density at radius 1 is 0.370 bits per heavy atom. The van der Waals surface area contributed by atoms with Crippen molar-refractivity contribution in [3.63, 3.8) is 0 Å². The average Bonchev–Trinajstić information content (AvgIpc) is 2.68. The van der Waals surface area contributed by atoms with Crippen LogP contribution in [0.15, 0.2) is 30.4 Å². The summed E-state index contributed by atoms with van der Waals surface area (Å²) in [7, 11) is 0. The van der Waals surface area contributed by atoms with Gasteiger partial charge in [-0.25, -0.2) is 0 Å². The van der Waals surface area contributed by atoms with Gasteiger partial charge in [0, 0.05) is 0 Å². The SMILES string of the molecule is [C]1=C/C=C/C=C/CCCCCCCCCCCCCCCCCCCCC/1. The summed E-state index contributed by atoms with van der Waals surface area (Å²) in [5, 5.41) is 0. The molecule has 0 aromatic heterocycles. The molecule has 0 aromatic rings. The molecule has 0 heterocycles. The average molecular weight is 372 g/mol. The van der Waals surface area contributed by atoms with Crippen molar-refractivity contribution < 1.29 is 0 Å². The second-order valence-corrected chi connectivity index (χ2v) is 8.44. The topological polar surface area (TPSA) is 0 Å². The van der Waals surface area contributed by atoms with Crippen LogP contribution in [0.4, 0.5) is 0 Å². The van der Waals surface area contributed by atoms with Gasteiger partial charge in [-0.2, -0.15) is 0 Å². The van der Waals surface area contributed by atoms with Crippen molar-refractivity contribution in [2.45, 2.75) is 135 Å². The van der Waals surface area contributed by atoms with Crippen LogP contribution in [0.1, 0.15) is 135 Å². The first kappa shape index (κ1) is 24.3. The van der Waals surface area contributed by atoms with E-state index in [-0.39, 0.29) is 0 Å². The Morgan fingerprint density at radius 3 is 1.26 bits per heavy atom. The van der Waals surface area contributed by atoms with E-state index in [1.54, 1.807) is 0 Å². The van der Waals surface area contributed by atoms with E-state index < -0.39 is 0 Å². The van der Waals surface area contributed by atoms with Gasteiger partial charge < -0.3 is 0 Å². The zero-order valence-corrected chi connectivity index (χ0v) is 18.2. The summed E-state index contributed by atoms with van der Waals surface area (Å²) in [6.45, 7) is 0. The summed E-state index contributed by atoms with van der Waals surface area (Å²) in [5.41, 5.74) is 0. The lowest BCUT2D eigenvalue weighted by atomic mass is 10.0. The van der Waals surface area contributed by atoms with Gasteiger partial charge in [0.25, 0.3) is 0 Å². The van der Waals surface area contributed by atoms with Crippen LogP contribution in [0.25, 0.3) is 0 Å². The monoisotopic (exact) mass is 371 g/mol. The van der Waals surface area contributed by atoms with Gasteiger partial charge in [-0.05, 0) is 31.8 Å². The Balaban J connectivity index is 2.13. The highest BCUT2D eigenvalue weighted by Crippen LogP contribution is 2.15. The van der Waals surface area contributed by atoms with E-state index >= 15 is 0 Å². The standard InChI is InChI=1S/C27H47/c1-2-4-6-8-10-12-14-16-18-20-22-24-26-27-25-23-21-19-17-15-13-11-9-7-5-3-1/h1-5H,6,8-27H2/b3-1+,4-2+,7-5?. The van der Waals surface area contributed by atoms with Gasteiger partial charge in [-0.1, -0.05) is 140 Å². The molecule has 0 saturated heterocycles. The normalized spacial score (nSPS) is 25.8. The van der Waals surface area contributed by atoms with Crippen molar-refractivity contribution in [3.8, 4) is 0 Å². The molecule has 1 rings (SSSR count).